The highest BCUT2D eigenvalue weighted by Crippen LogP contribution is 2.67. The molecule has 0 radical (unpaired) electrons. The molecule has 3 aromatic carbocycles. The highest BCUT2D eigenvalue weighted by Gasteiger charge is 2.72. The van der Waals surface area contributed by atoms with E-state index in [0.29, 0.717) is 47.3 Å². The third kappa shape index (κ3) is 5.48. The Bertz CT molecular complexity index is 1930. The number of nitrogens with zero attached hydrogens (tertiary/aromatic N) is 3. The van der Waals surface area contributed by atoms with Gasteiger partial charge in [-0.05, 0) is 76.4 Å². The van der Waals surface area contributed by atoms with Crippen LogP contribution in [0.1, 0.15) is 40.0 Å². The summed E-state index contributed by atoms with van der Waals surface area (Å²) in [5, 5.41) is 10.7. The van der Waals surface area contributed by atoms with Crippen LogP contribution in [-0.2, 0) is 9.53 Å². The van der Waals surface area contributed by atoms with Gasteiger partial charge in [0, 0.05) is 39.7 Å². The lowest BCUT2D eigenvalue weighted by atomic mass is 9.39. The number of rotatable bonds is 7. The lowest BCUT2D eigenvalue weighted by Gasteiger charge is -2.68. The van der Waals surface area contributed by atoms with Crippen LogP contribution < -0.4 is 16.0 Å². The number of anilines is 3. The maximum atomic E-state index is 13.2. The van der Waals surface area contributed by atoms with Crippen molar-refractivity contribution >= 4 is 51.8 Å². The van der Waals surface area contributed by atoms with Crippen molar-refractivity contribution in [2.24, 2.45) is 5.41 Å². The van der Waals surface area contributed by atoms with E-state index in [9.17, 15) is 9.59 Å². The van der Waals surface area contributed by atoms with E-state index < -0.39 is 17.1 Å². The van der Waals surface area contributed by atoms with Crippen molar-refractivity contribution in [2.45, 2.75) is 51.2 Å². The first-order valence-electron chi connectivity index (χ1n) is 14.9. The van der Waals surface area contributed by atoms with Crippen LogP contribution in [0.2, 0.25) is 5.02 Å². The van der Waals surface area contributed by atoms with Gasteiger partial charge in [-0.2, -0.15) is 0 Å². The van der Waals surface area contributed by atoms with Crippen molar-refractivity contribution in [2.75, 3.05) is 10.6 Å². The van der Waals surface area contributed by atoms with Crippen molar-refractivity contribution in [1.82, 2.24) is 19.9 Å². The Balaban J connectivity index is 1.06. The summed E-state index contributed by atoms with van der Waals surface area (Å²) in [6.07, 6.45) is 5.01. The number of hydrogen-bond acceptors (Lipinski definition) is 6. The number of carbonyl (C=O) groups excluding carboxylic acids is 2. The molecule has 10 heteroatoms. The van der Waals surface area contributed by atoms with Crippen LogP contribution in [0, 0.1) is 5.41 Å². The van der Waals surface area contributed by atoms with Gasteiger partial charge in [0.25, 0.3) is 0 Å². The first-order valence-corrected chi connectivity index (χ1v) is 15.3. The van der Waals surface area contributed by atoms with Gasteiger partial charge in [-0.25, -0.2) is 14.8 Å². The van der Waals surface area contributed by atoms with Crippen LogP contribution in [0.5, 0.6) is 0 Å². The van der Waals surface area contributed by atoms with E-state index in [2.05, 4.69) is 49.8 Å². The summed E-state index contributed by atoms with van der Waals surface area (Å²) < 4.78 is 7.51. The Morgan fingerprint density at radius 2 is 1.64 bits per heavy atom. The minimum Gasteiger partial charge on any atom is -0.444 e. The van der Waals surface area contributed by atoms with Gasteiger partial charge in [0.2, 0.25) is 11.9 Å². The quantitative estimate of drug-likeness (QED) is 0.171. The van der Waals surface area contributed by atoms with E-state index in [-0.39, 0.29) is 11.4 Å². The van der Waals surface area contributed by atoms with Gasteiger partial charge in [0.05, 0.1) is 27.8 Å². The molecule has 2 heterocycles. The van der Waals surface area contributed by atoms with E-state index in [4.69, 9.17) is 21.3 Å². The largest absolute Gasteiger partial charge is 0.444 e. The Hall–Kier alpha value is -4.89. The standard InChI is InChI=1S/C35H33ClN6O3/c1-33(2,3)45-32(44)41-35-19-34(20-35,21-35)30(43)38-22-10-9-11-23(16-22)39-31-37-17-27(36)29(40-31)26-18-42(24-12-5-4-6-13-24)28-15-8-7-14-25(26)28/h4-18H,19-21H2,1-3H3,(H,38,43)(H,41,44)(H,37,39,40). The zero-order valence-electron chi connectivity index (χ0n) is 25.2. The number of aromatic nitrogens is 3. The topological polar surface area (TPSA) is 110 Å². The monoisotopic (exact) mass is 620 g/mol. The van der Waals surface area contributed by atoms with Gasteiger partial charge in [0.1, 0.15) is 5.60 Å². The van der Waals surface area contributed by atoms with Gasteiger partial charge in [-0.15, -0.1) is 0 Å². The molecule has 0 aliphatic heterocycles. The van der Waals surface area contributed by atoms with Crippen molar-refractivity contribution in [3.05, 3.63) is 96.3 Å². The van der Waals surface area contributed by atoms with Crippen LogP contribution in [0.15, 0.2) is 91.3 Å². The third-order valence-corrected chi connectivity index (χ3v) is 8.68. The molecule has 0 atom stereocenters. The van der Waals surface area contributed by atoms with E-state index >= 15 is 0 Å². The zero-order valence-corrected chi connectivity index (χ0v) is 26.0. The summed E-state index contributed by atoms with van der Waals surface area (Å²) >= 11 is 6.66. The number of alkyl carbamates (subject to hydrolysis) is 1. The van der Waals surface area contributed by atoms with Crippen LogP contribution in [-0.4, -0.2) is 37.7 Å². The molecular weight excluding hydrogens is 588 g/mol. The average Bonchev–Trinajstić information content (AvgIpc) is 3.34. The molecule has 228 valence electrons. The average molecular weight is 621 g/mol. The first kappa shape index (κ1) is 28.9. The molecule has 2 aromatic heterocycles. The number of halogens is 1. The Morgan fingerprint density at radius 3 is 2.40 bits per heavy atom. The summed E-state index contributed by atoms with van der Waals surface area (Å²) in [5.74, 6) is 0.330. The number of hydrogen-bond donors (Lipinski definition) is 3. The van der Waals surface area contributed by atoms with Crippen molar-refractivity contribution < 1.29 is 14.3 Å². The van der Waals surface area contributed by atoms with Gasteiger partial charge < -0.3 is 25.3 Å². The van der Waals surface area contributed by atoms with Crippen LogP contribution in [0.4, 0.5) is 22.1 Å². The molecule has 5 aromatic rings. The van der Waals surface area contributed by atoms with Crippen molar-refractivity contribution in [3.63, 3.8) is 0 Å². The zero-order chi connectivity index (χ0) is 31.4. The summed E-state index contributed by atoms with van der Waals surface area (Å²) in [5.41, 5.74) is 3.58. The van der Waals surface area contributed by atoms with E-state index in [0.717, 1.165) is 22.2 Å². The molecule has 45 heavy (non-hydrogen) atoms. The minimum absolute atomic E-state index is 0.0488. The number of benzene rings is 3. The molecule has 9 nitrogen and oxygen atoms in total. The summed E-state index contributed by atoms with van der Waals surface area (Å²) in [4.78, 5) is 34.7. The first-order chi connectivity index (χ1) is 21.5. The molecule has 0 spiro atoms. The fourth-order valence-corrected chi connectivity index (χ4v) is 6.73. The second kappa shape index (κ2) is 10.6. The SMILES string of the molecule is CC(C)(C)OC(=O)NC12CC(C(=O)Nc3cccc(Nc4ncc(Cl)c(-c5cn(-c6ccccc6)c6ccccc56)n4)c3)(C1)C2. The van der Waals surface area contributed by atoms with Crippen molar-refractivity contribution in [3.8, 4) is 16.9 Å². The van der Waals surface area contributed by atoms with Crippen molar-refractivity contribution in [1.29, 1.82) is 0 Å². The molecule has 3 N–H and O–H groups in total. The number of fused-ring (bicyclic) bond motifs is 1. The molecule has 3 aliphatic carbocycles. The number of nitrogens with one attached hydrogen (secondary N) is 3. The normalized spacial score (nSPS) is 20.1. The Kier molecular flexibility index (Phi) is 6.81. The predicted octanol–water partition coefficient (Wildman–Crippen LogP) is 7.87. The fraction of sp³-hybridized carbons (Fsp3) is 0.257. The van der Waals surface area contributed by atoms with Gasteiger partial charge >= 0.3 is 6.09 Å². The molecule has 2 amide bonds. The minimum atomic E-state index is -0.566. The smallest absolute Gasteiger partial charge is 0.408 e. The number of amides is 2. The van der Waals surface area contributed by atoms with Crippen LogP contribution in [0.3, 0.4) is 0 Å². The molecule has 3 fully saturated rings. The highest BCUT2D eigenvalue weighted by molar-refractivity contribution is 6.33. The van der Waals surface area contributed by atoms with E-state index in [1.807, 2.05) is 81.6 Å². The molecule has 8 rings (SSSR count). The van der Waals surface area contributed by atoms with Gasteiger partial charge in [-0.1, -0.05) is 54.1 Å². The molecule has 2 bridgehead atoms. The number of para-hydroxylation sites is 2. The molecule has 3 saturated carbocycles. The van der Waals surface area contributed by atoms with Crippen LogP contribution >= 0.6 is 11.6 Å². The molecule has 3 aliphatic rings. The van der Waals surface area contributed by atoms with Gasteiger partial charge in [-0.3, -0.25) is 4.79 Å². The maximum Gasteiger partial charge on any atom is 0.408 e. The second-order valence-electron chi connectivity index (χ2n) is 13.0. The molecular formula is C35H33ClN6O3. The fourth-order valence-electron chi connectivity index (χ4n) is 6.54. The predicted molar refractivity (Wildman–Crippen MR) is 176 cm³/mol. The maximum absolute atomic E-state index is 13.2. The number of ether oxygens (including phenoxy) is 1. The molecule has 0 saturated heterocycles. The Morgan fingerprint density at radius 1 is 0.933 bits per heavy atom. The Labute approximate surface area is 266 Å². The summed E-state index contributed by atoms with van der Waals surface area (Å²) in [6.45, 7) is 5.49. The lowest BCUT2D eigenvalue weighted by Crippen LogP contribution is -2.77. The highest BCUT2D eigenvalue weighted by atomic mass is 35.5. The molecule has 0 unspecified atom stereocenters. The third-order valence-electron chi connectivity index (χ3n) is 8.40. The summed E-state index contributed by atoms with van der Waals surface area (Å²) in [7, 11) is 0. The second-order valence-corrected chi connectivity index (χ2v) is 13.4. The number of carbonyl (C=O) groups is 2. The lowest BCUT2D eigenvalue weighted by molar-refractivity contribution is -0.174. The van der Waals surface area contributed by atoms with Gasteiger partial charge in [0.15, 0.2) is 0 Å². The summed E-state index contributed by atoms with van der Waals surface area (Å²) in [6, 6.07) is 25.7. The van der Waals surface area contributed by atoms with E-state index in [1.54, 1.807) is 6.20 Å². The van der Waals surface area contributed by atoms with Crippen LogP contribution in [0.25, 0.3) is 27.8 Å². The van der Waals surface area contributed by atoms with E-state index in [1.165, 1.54) is 0 Å².